The van der Waals surface area contributed by atoms with E-state index in [2.05, 4.69) is 12.1 Å². The zero-order valence-electron chi connectivity index (χ0n) is 11.5. The zero-order valence-corrected chi connectivity index (χ0v) is 11.5. The van der Waals surface area contributed by atoms with Gasteiger partial charge in [-0.05, 0) is 42.4 Å². The van der Waals surface area contributed by atoms with E-state index < -0.39 is 5.97 Å². The molecule has 0 saturated carbocycles. The van der Waals surface area contributed by atoms with Gasteiger partial charge in [0, 0.05) is 13.1 Å². The molecule has 1 aromatic carbocycles. The van der Waals surface area contributed by atoms with Crippen LogP contribution in [-0.4, -0.2) is 35.0 Å². The summed E-state index contributed by atoms with van der Waals surface area (Å²) in [6, 6.07) is 6.31. The molecule has 106 valence electrons. The van der Waals surface area contributed by atoms with Gasteiger partial charge in [-0.3, -0.25) is 9.59 Å². The molecule has 2 aliphatic rings. The summed E-state index contributed by atoms with van der Waals surface area (Å²) in [5.74, 6) is -1.14. The molecule has 1 atom stereocenters. The maximum Gasteiger partial charge on any atom is 0.308 e. The van der Waals surface area contributed by atoms with Crippen LogP contribution in [0.4, 0.5) is 0 Å². The molecule has 0 spiro atoms. The van der Waals surface area contributed by atoms with Crippen LogP contribution < -0.4 is 0 Å². The Bertz CT molecular complexity index is 553. The highest BCUT2D eigenvalue weighted by molar-refractivity contribution is 5.80. The Morgan fingerprint density at radius 2 is 2.05 bits per heavy atom. The third kappa shape index (κ3) is 2.55. The van der Waals surface area contributed by atoms with Crippen LogP contribution in [0, 0.1) is 5.92 Å². The van der Waals surface area contributed by atoms with Crippen LogP contribution in [0.3, 0.4) is 0 Å². The van der Waals surface area contributed by atoms with Gasteiger partial charge in [0.25, 0.3) is 0 Å². The van der Waals surface area contributed by atoms with Crippen molar-refractivity contribution in [3.8, 4) is 0 Å². The average Bonchev–Trinajstić information content (AvgIpc) is 3.07. The number of carboxylic acids is 1. The Morgan fingerprint density at radius 3 is 2.80 bits per heavy atom. The number of hydrogen-bond acceptors (Lipinski definition) is 2. The summed E-state index contributed by atoms with van der Waals surface area (Å²) in [4.78, 5) is 24.8. The van der Waals surface area contributed by atoms with E-state index in [1.807, 2.05) is 6.07 Å². The second-order valence-corrected chi connectivity index (χ2v) is 5.80. The maximum absolute atomic E-state index is 12.2. The number of aryl methyl sites for hydroxylation is 2. The van der Waals surface area contributed by atoms with Crippen molar-refractivity contribution >= 4 is 11.9 Å². The van der Waals surface area contributed by atoms with Gasteiger partial charge >= 0.3 is 5.97 Å². The number of fused-ring (bicyclic) bond motifs is 1. The molecular formula is C16H19NO3. The molecule has 1 aliphatic heterocycles. The van der Waals surface area contributed by atoms with Crippen molar-refractivity contribution in [1.82, 2.24) is 4.90 Å². The third-order valence-electron chi connectivity index (χ3n) is 4.41. The Hall–Kier alpha value is -1.84. The molecule has 1 heterocycles. The fourth-order valence-corrected chi connectivity index (χ4v) is 3.21. The second-order valence-electron chi connectivity index (χ2n) is 5.80. The van der Waals surface area contributed by atoms with Crippen molar-refractivity contribution in [2.75, 3.05) is 13.1 Å². The predicted octanol–water partition coefficient (Wildman–Crippen LogP) is 1.65. The topological polar surface area (TPSA) is 57.6 Å². The number of carbonyl (C=O) groups excluding carboxylic acids is 1. The first-order valence-corrected chi connectivity index (χ1v) is 7.25. The van der Waals surface area contributed by atoms with Crippen molar-refractivity contribution in [2.24, 2.45) is 5.92 Å². The molecule has 1 aromatic rings. The third-order valence-corrected chi connectivity index (χ3v) is 4.41. The summed E-state index contributed by atoms with van der Waals surface area (Å²) in [7, 11) is 0. The molecule has 1 fully saturated rings. The number of carbonyl (C=O) groups is 2. The van der Waals surface area contributed by atoms with E-state index >= 15 is 0 Å². The number of benzene rings is 1. The molecule has 0 bridgehead atoms. The molecule has 1 aliphatic carbocycles. The second kappa shape index (κ2) is 5.27. The number of carboxylic acid groups (broad SMARTS) is 1. The molecule has 4 nitrogen and oxygen atoms in total. The Kier molecular flexibility index (Phi) is 3.47. The Labute approximate surface area is 118 Å². The maximum atomic E-state index is 12.2. The number of hydrogen-bond donors (Lipinski definition) is 1. The van der Waals surface area contributed by atoms with E-state index in [0.29, 0.717) is 25.9 Å². The van der Waals surface area contributed by atoms with E-state index in [4.69, 9.17) is 5.11 Å². The number of likely N-dealkylation sites (tertiary alicyclic amines) is 1. The lowest BCUT2D eigenvalue weighted by molar-refractivity contribution is -0.141. The highest BCUT2D eigenvalue weighted by atomic mass is 16.4. The van der Waals surface area contributed by atoms with E-state index in [1.165, 1.54) is 17.5 Å². The first-order valence-electron chi connectivity index (χ1n) is 7.25. The van der Waals surface area contributed by atoms with Crippen LogP contribution in [0.5, 0.6) is 0 Å². The van der Waals surface area contributed by atoms with E-state index in [1.54, 1.807) is 4.90 Å². The summed E-state index contributed by atoms with van der Waals surface area (Å²) in [5.41, 5.74) is 3.84. The fourth-order valence-electron chi connectivity index (χ4n) is 3.21. The summed E-state index contributed by atoms with van der Waals surface area (Å²) >= 11 is 0. The molecule has 1 unspecified atom stereocenters. The summed E-state index contributed by atoms with van der Waals surface area (Å²) in [6.07, 6.45) is 4.43. The van der Waals surface area contributed by atoms with Gasteiger partial charge in [0.2, 0.25) is 5.91 Å². The van der Waals surface area contributed by atoms with Crippen LogP contribution in [0.25, 0.3) is 0 Å². The highest BCUT2D eigenvalue weighted by Gasteiger charge is 2.30. The monoisotopic (exact) mass is 273 g/mol. The Balaban J connectivity index is 1.63. The number of amides is 1. The Morgan fingerprint density at radius 1 is 1.25 bits per heavy atom. The van der Waals surface area contributed by atoms with Gasteiger partial charge in [0.1, 0.15) is 0 Å². The summed E-state index contributed by atoms with van der Waals surface area (Å²) in [5, 5.41) is 8.97. The average molecular weight is 273 g/mol. The number of rotatable bonds is 3. The first kappa shape index (κ1) is 13.2. The van der Waals surface area contributed by atoms with Crippen molar-refractivity contribution < 1.29 is 14.7 Å². The van der Waals surface area contributed by atoms with Crippen molar-refractivity contribution in [1.29, 1.82) is 0 Å². The van der Waals surface area contributed by atoms with E-state index in [9.17, 15) is 9.59 Å². The van der Waals surface area contributed by atoms with Gasteiger partial charge in [-0.1, -0.05) is 18.2 Å². The van der Waals surface area contributed by atoms with Crippen LogP contribution in [0.15, 0.2) is 18.2 Å². The summed E-state index contributed by atoms with van der Waals surface area (Å²) < 4.78 is 0. The highest BCUT2D eigenvalue weighted by Crippen LogP contribution is 2.24. The number of nitrogens with zero attached hydrogens (tertiary/aromatic N) is 1. The minimum atomic E-state index is -0.794. The van der Waals surface area contributed by atoms with Crippen molar-refractivity contribution in [2.45, 2.75) is 32.1 Å². The molecule has 0 aromatic heterocycles. The molecule has 1 amide bonds. The molecule has 1 saturated heterocycles. The lowest BCUT2D eigenvalue weighted by atomic mass is 10.0. The minimum Gasteiger partial charge on any atom is -0.481 e. The SMILES string of the molecule is O=C(O)C1CCN(C(=O)Cc2ccc3c(c2)CCC3)C1. The predicted molar refractivity (Wildman–Crippen MR) is 74.5 cm³/mol. The van der Waals surface area contributed by atoms with E-state index in [0.717, 1.165) is 18.4 Å². The lowest BCUT2D eigenvalue weighted by Crippen LogP contribution is -2.31. The molecule has 0 radical (unpaired) electrons. The lowest BCUT2D eigenvalue weighted by Gasteiger charge is -2.16. The van der Waals surface area contributed by atoms with Gasteiger partial charge < -0.3 is 10.0 Å². The molecular weight excluding hydrogens is 254 g/mol. The van der Waals surface area contributed by atoms with Crippen LogP contribution in [0.1, 0.15) is 29.5 Å². The van der Waals surface area contributed by atoms with Gasteiger partial charge in [-0.2, -0.15) is 0 Å². The van der Waals surface area contributed by atoms with E-state index in [-0.39, 0.29) is 11.8 Å². The van der Waals surface area contributed by atoms with Crippen molar-refractivity contribution in [3.05, 3.63) is 34.9 Å². The quantitative estimate of drug-likeness (QED) is 0.911. The van der Waals surface area contributed by atoms with Gasteiger partial charge in [0.15, 0.2) is 0 Å². The molecule has 20 heavy (non-hydrogen) atoms. The normalized spacial score (nSPS) is 21.0. The largest absolute Gasteiger partial charge is 0.481 e. The minimum absolute atomic E-state index is 0.0479. The fraction of sp³-hybridized carbons (Fsp3) is 0.500. The van der Waals surface area contributed by atoms with Crippen LogP contribution >= 0.6 is 0 Å². The van der Waals surface area contributed by atoms with Crippen LogP contribution in [0.2, 0.25) is 0 Å². The number of aliphatic carboxylic acids is 1. The summed E-state index contributed by atoms with van der Waals surface area (Å²) in [6.45, 7) is 0.930. The first-order chi connectivity index (χ1) is 9.63. The molecule has 4 heteroatoms. The molecule has 1 N–H and O–H groups in total. The van der Waals surface area contributed by atoms with Gasteiger partial charge in [-0.25, -0.2) is 0 Å². The smallest absolute Gasteiger partial charge is 0.308 e. The zero-order chi connectivity index (χ0) is 14.1. The standard InChI is InChI=1S/C16H19NO3/c18-15(17-7-6-14(10-17)16(19)20)9-11-4-5-12-2-1-3-13(12)8-11/h4-5,8,14H,1-3,6-7,9-10H2,(H,19,20). The van der Waals surface area contributed by atoms with Crippen molar-refractivity contribution in [3.63, 3.8) is 0 Å². The molecule has 3 rings (SSSR count). The van der Waals surface area contributed by atoms with Gasteiger partial charge in [0.05, 0.1) is 12.3 Å². The van der Waals surface area contributed by atoms with Gasteiger partial charge in [-0.15, -0.1) is 0 Å². The van der Waals surface area contributed by atoms with Crippen LogP contribution in [-0.2, 0) is 28.9 Å².